The molecule has 1 unspecified atom stereocenters. The highest BCUT2D eigenvalue weighted by Gasteiger charge is 2.00. The van der Waals surface area contributed by atoms with Crippen molar-refractivity contribution < 1.29 is 19.7 Å². The molecule has 106 valence electrons. The number of unbranched alkanes of at least 4 members (excludes halogenated alkanes) is 3. The summed E-state index contributed by atoms with van der Waals surface area (Å²) in [7, 11) is 0. The summed E-state index contributed by atoms with van der Waals surface area (Å²) in [6.07, 6.45) is 3.99. The molecule has 0 aromatic rings. The van der Waals surface area contributed by atoms with E-state index in [-0.39, 0.29) is 13.2 Å². The zero-order chi connectivity index (χ0) is 13.4. The molecular weight excluding hydrogens is 220 g/mol. The van der Waals surface area contributed by atoms with Crippen LogP contribution in [0.15, 0.2) is 0 Å². The quantitative estimate of drug-likeness (QED) is 0.582. The number of aliphatic hydroxyl groups is 2. The maximum Gasteiger partial charge on any atom is 0.100 e. The first kappa shape index (κ1) is 19.2. The van der Waals surface area contributed by atoms with E-state index in [1.165, 1.54) is 19.3 Å². The van der Waals surface area contributed by atoms with Gasteiger partial charge in [0.1, 0.15) is 6.10 Å². The van der Waals surface area contributed by atoms with E-state index in [0.29, 0.717) is 6.61 Å². The summed E-state index contributed by atoms with van der Waals surface area (Å²) in [6, 6.07) is 0. The fourth-order valence-corrected chi connectivity index (χ4v) is 1.11. The van der Waals surface area contributed by atoms with Gasteiger partial charge in [-0.3, -0.25) is 0 Å². The Morgan fingerprint density at radius 1 is 0.941 bits per heavy atom. The largest absolute Gasteiger partial charge is 0.394 e. The minimum Gasteiger partial charge on any atom is -0.394 e. The average molecular weight is 250 g/mol. The third-order valence-corrected chi connectivity index (χ3v) is 2.07. The fraction of sp³-hybridized carbons (Fsp3) is 1.00. The van der Waals surface area contributed by atoms with Crippen molar-refractivity contribution in [3.05, 3.63) is 0 Å². The molecule has 0 saturated carbocycles. The van der Waals surface area contributed by atoms with Crippen molar-refractivity contribution in [1.82, 2.24) is 0 Å². The summed E-state index contributed by atoms with van der Waals surface area (Å²) in [5.74, 6) is 0. The highest BCUT2D eigenvalue weighted by molar-refractivity contribution is 4.48. The molecule has 4 heteroatoms. The first-order chi connectivity index (χ1) is 8.22. The zero-order valence-corrected chi connectivity index (χ0v) is 11.7. The van der Waals surface area contributed by atoms with E-state index in [0.717, 1.165) is 19.6 Å². The van der Waals surface area contributed by atoms with Gasteiger partial charge in [0.15, 0.2) is 0 Å². The highest BCUT2D eigenvalue weighted by atomic mass is 16.5. The lowest BCUT2D eigenvalue weighted by molar-refractivity contribution is 0.00528. The van der Waals surface area contributed by atoms with E-state index in [1.807, 2.05) is 13.8 Å². The summed E-state index contributed by atoms with van der Waals surface area (Å²) in [5.41, 5.74) is 0. The highest BCUT2D eigenvalue weighted by Crippen LogP contribution is 1.98. The smallest absolute Gasteiger partial charge is 0.100 e. The standard InChI is InChI=1S/C9H20O3.C4H10O/c1-2-3-4-5-6-12-8-9(11)7-10;1-3-5-4-2/h9-11H,2-8H2,1H3;3-4H2,1-2H3. The van der Waals surface area contributed by atoms with Crippen molar-refractivity contribution in [2.75, 3.05) is 33.0 Å². The maximum absolute atomic E-state index is 8.89. The van der Waals surface area contributed by atoms with Crippen LogP contribution in [0.5, 0.6) is 0 Å². The summed E-state index contributed by atoms with van der Waals surface area (Å²) in [6.45, 7) is 8.56. The number of ether oxygens (including phenoxy) is 2. The second-order valence-electron chi connectivity index (χ2n) is 3.75. The molecule has 0 aliphatic carbocycles. The monoisotopic (exact) mass is 250 g/mol. The molecule has 0 aromatic carbocycles. The molecule has 17 heavy (non-hydrogen) atoms. The van der Waals surface area contributed by atoms with Gasteiger partial charge in [-0.2, -0.15) is 0 Å². The van der Waals surface area contributed by atoms with Gasteiger partial charge in [0.25, 0.3) is 0 Å². The number of aliphatic hydroxyl groups excluding tert-OH is 2. The van der Waals surface area contributed by atoms with Crippen molar-refractivity contribution in [3.8, 4) is 0 Å². The molecule has 0 rings (SSSR count). The van der Waals surface area contributed by atoms with Gasteiger partial charge in [-0.15, -0.1) is 0 Å². The van der Waals surface area contributed by atoms with Crippen LogP contribution >= 0.6 is 0 Å². The van der Waals surface area contributed by atoms with Gasteiger partial charge in [0.05, 0.1) is 13.2 Å². The predicted octanol–water partition coefficient (Wildman–Crippen LogP) is 1.98. The summed E-state index contributed by atoms with van der Waals surface area (Å²) in [4.78, 5) is 0. The van der Waals surface area contributed by atoms with Crippen molar-refractivity contribution in [1.29, 1.82) is 0 Å². The molecule has 0 fully saturated rings. The Morgan fingerprint density at radius 3 is 2.00 bits per heavy atom. The van der Waals surface area contributed by atoms with Crippen LogP contribution in [0.25, 0.3) is 0 Å². The van der Waals surface area contributed by atoms with Crippen LogP contribution in [0.1, 0.15) is 46.5 Å². The van der Waals surface area contributed by atoms with Gasteiger partial charge >= 0.3 is 0 Å². The first-order valence-electron chi connectivity index (χ1n) is 6.67. The van der Waals surface area contributed by atoms with E-state index in [9.17, 15) is 0 Å². The van der Waals surface area contributed by atoms with E-state index < -0.39 is 6.10 Å². The SMILES string of the molecule is CCCCCCOCC(O)CO.CCOCC. The molecule has 2 N–H and O–H groups in total. The van der Waals surface area contributed by atoms with Gasteiger partial charge in [0.2, 0.25) is 0 Å². The second kappa shape index (κ2) is 18.2. The fourth-order valence-electron chi connectivity index (χ4n) is 1.11. The lowest BCUT2D eigenvalue weighted by Gasteiger charge is -2.07. The Kier molecular flexibility index (Phi) is 20.6. The Balaban J connectivity index is 0. The Hall–Kier alpha value is -0.160. The molecule has 0 radical (unpaired) electrons. The van der Waals surface area contributed by atoms with Crippen molar-refractivity contribution in [3.63, 3.8) is 0 Å². The van der Waals surface area contributed by atoms with E-state index in [4.69, 9.17) is 19.7 Å². The van der Waals surface area contributed by atoms with Crippen LogP contribution in [0.4, 0.5) is 0 Å². The van der Waals surface area contributed by atoms with Crippen molar-refractivity contribution >= 4 is 0 Å². The Morgan fingerprint density at radius 2 is 1.59 bits per heavy atom. The van der Waals surface area contributed by atoms with Crippen molar-refractivity contribution in [2.45, 2.75) is 52.6 Å². The van der Waals surface area contributed by atoms with Gasteiger partial charge in [-0.1, -0.05) is 26.2 Å². The zero-order valence-electron chi connectivity index (χ0n) is 11.7. The number of hydrogen-bond donors (Lipinski definition) is 2. The van der Waals surface area contributed by atoms with Gasteiger partial charge in [-0.05, 0) is 20.3 Å². The molecular formula is C13H30O4. The molecule has 0 saturated heterocycles. The molecule has 0 aliphatic rings. The van der Waals surface area contributed by atoms with Gasteiger partial charge in [-0.25, -0.2) is 0 Å². The minimum atomic E-state index is -0.712. The first-order valence-corrected chi connectivity index (χ1v) is 6.67. The van der Waals surface area contributed by atoms with Crippen LogP contribution < -0.4 is 0 Å². The molecule has 0 aromatic heterocycles. The topological polar surface area (TPSA) is 58.9 Å². The number of rotatable bonds is 10. The summed E-state index contributed by atoms with van der Waals surface area (Å²) in [5, 5.41) is 17.3. The summed E-state index contributed by atoms with van der Waals surface area (Å²) < 4.78 is 9.96. The van der Waals surface area contributed by atoms with Gasteiger partial charge in [0, 0.05) is 19.8 Å². The molecule has 0 aliphatic heterocycles. The van der Waals surface area contributed by atoms with Crippen LogP contribution in [-0.4, -0.2) is 49.4 Å². The third-order valence-electron chi connectivity index (χ3n) is 2.07. The molecule has 0 spiro atoms. The molecule has 0 amide bonds. The Bertz CT molecular complexity index is 118. The molecule has 1 atom stereocenters. The van der Waals surface area contributed by atoms with Crippen LogP contribution in [0.2, 0.25) is 0 Å². The number of hydrogen-bond acceptors (Lipinski definition) is 4. The average Bonchev–Trinajstić information content (AvgIpc) is 2.35. The Labute approximate surface area is 106 Å². The lowest BCUT2D eigenvalue weighted by Crippen LogP contribution is -2.19. The van der Waals surface area contributed by atoms with Crippen LogP contribution in [0.3, 0.4) is 0 Å². The van der Waals surface area contributed by atoms with Crippen LogP contribution in [0, 0.1) is 0 Å². The third kappa shape index (κ3) is 21.6. The minimum absolute atomic E-state index is 0.213. The van der Waals surface area contributed by atoms with Crippen molar-refractivity contribution in [2.24, 2.45) is 0 Å². The molecule has 0 bridgehead atoms. The van der Waals surface area contributed by atoms with E-state index in [1.54, 1.807) is 0 Å². The normalized spacial score (nSPS) is 11.8. The molecule has 4 nitrogen and oxygen atoms in total. The predicted molar refractivity (Wildman–Crippen MR) is 70.2 cm³/mol. The van der Waals surface area contributed by atoms with E-state index >= 15 is 0 Å². The lowest BCUT2D eigenvalue weighted by atomic mass is 10.2. The van der Waals surface area contributed by atoms with Crippen LogP contribution in [-0.2, 0) is 9.47 Å². The maximum atomic E-state index is 8.89. The van der Waals surface area contributed by atoms with E-state index in [2.05, 4.69) is 6.92 Å². The second-order valence-corrected chi connectivity index (χ2v) is 3.75. The van der Waals surface area contributed by atoms with Gasteiger partial charge < -0.3 is 19.7 Å². The molecule has 0 heterocycles. The summed E-state index contributed by atoms with van der Waals surface area (Å²) >= 11 is 0.